The van der Waals surface area contributed by atoms with Crippen molar-refractivity contribution < 1.29 is 0 Å². The van der Waals surface area contributed by atoms with Gasteiger partial charge in [-0.2, -0.15) is 0 Å². The van der Waals surface area contributed by atoms with Gasteiger partial charge in [0.1, 0.15) is 5.82 Å². The second-order valence-corrected chi connectivity index (χ2v) is 3.66. The molecule has 1 aromatic carbocycles. The highest BCUT2D eigenvalue weighted by molar-refractivity contribution is 5.62. The van der Waals surface area contributed by atoms with Crippen LogP contribution in [0.3, 0.4) is 0 Å². The molecule has 2 aromatic rings. The number of aromatic nitrogens is 2. The highest BCUT2D eigenvalue weighted by Gasteiger charge is 2.05. The van der Waals surface area contributed by atoms with E-state index in [1.807, 2.05) is 6.92 Å². The fraction of sp³-hybridized carbons (Fsp3) is 0.250. The zero-order valence-electron chi connectivity index (χ0n) is 8.76. The summed E-state index contributed by atoms with van der Waals surface area (Å²) in [5, 5.41) is 0. The Balaban J connectivity index is 2.49. The average Bonchev–Trinajstić information content (AvgIpc) is 2.47. The number of aryl methyl sites for hydroxylation is 3. The van der Waals surface area contributed by atoms with E-state index < -0.39 is 0 Å². The molecule has 0 saturated heterocycles. The Kier molecular flexibility index (Phi) is 2.12. The predicted molar refractivity (Wildman–Crippen MR) is 58.2 cm³/mol. The Labute approximate surface area is 84.0 Å². The first-order chi connectivity index (χ1) is 6.66. The molecule has 0 fully saturated rings. The van der Waals surface area contributed by atoms with Crippen molar-refractivity contribution in [3.05, 3.63) is 41.3 Å². The molecule has 0 bridgehead atoms. The van der Waals surface area contributed by atoms with Gasteiger partial charge in [-0.3, -0.25) is 0 Å². The molecule has 0 saturated carbocycles. The molecule has 0 radical (unpaired) electrons. The van der Waals surface area contributed by atoms with Crippen LogP contribution in [0.1, 0.15) is 17.1 Å². The molecule has 0 spiro atoms. The van der Waals surface area contributed by atoms with Crippen LogP contribution in [0.4, 0.5) is 0 Å². The van der Waals surface area contributed by atoms with Gasteiger partial charge >= 0.3 is 0 Å². The van der Waals surface area contributed by atoms with Crippen LogP contribution in [0.25, 0.3) is 11.3 Å². The van der Waals surface area contributed by atoms with Crippen molar-refractivity contribution in [2.75, 3.05) is 0 Å². The maximum absolute atomic E-state index is 4.45. The molecule has 2 rings (SSSR count). The molecule has 0 amide bonds. The van der Waals surface area contributed by atoms with E-state index in [2.05, 4.69) is 48.1 Å². The van der Waals surface area contributed by atoms with Crippen LogP contribution >= 0.6 is 0 Å². The molecule has 14 heavy (non-hydrogen) atoms. The number of hydrogen-bond acceptors (Lipinski definition) is 1. The number of hydrogen-bond donors (Lipinski definition) is 1. The lowest BCUT2D eigenvalue weighted by atomic mass is 10.1. The van der Waals surface area contributed by atoms with Crippen molar-refractivity contribution in [3.63, 3.8) is 0 Å². The Morgan fingerprint density at radius 3 is 2.14 bits per heavy atom. The minimum absolute atomic E-state index is 0.970. The largest absolute Gasteiger partial charge is 0.346 e. The summed E-state index contributed by atoms with van der Waals surface area (Å²) in [7, 11) is 0. The summed E-state index contributed by atoms with van der Waals surface area (Å²) >= 11 is 0. The Morgan fingerprint density at radius 2 is 1.64 bits per heavy atom. The first-order valence-electron chi connectivity index (χ1n) is 4.77. The number of aromatic amines is 1. The van der Waals surface area contributed by atoms with Gasteiger partial charge in [-0.1, -0.05) is 29.8 Å². The van der Waals surface area contributed by atoms with Gasteiger partial charge in [-0.05, 0) is 20.8 Å². The van der Waals surface area contributed by atoms with Crippen molar-refractivity contribution in [1.29, 1.82) is 0 Å². The number of H-pyrrole nitrogens is 1. The number of benzene rings is 1. The molecule has 1 heterocycles. The minimum Gasteiger partial charge on any atom is -0.346 e. The summed E-state index contributed by atoms with van der Waals surface area (Å²) < 4.78 is 0. The van der Waals surface area contributed by atoms with Gasteiger partial charge in [0.2, 0.25) is 0 Å². The van der Waals surface area contributed by atoms with Gasteiger partial charge in [0.05, 0.1) is 5.69 Å². The number of imidazole rings is 1. The molecular weight excluding hydrogens is 172 g/mol. The summed E-state index contributed by atoms with van der Waals surface area (Å²) in [5.41, 5.74) is 4.64. The molecule has 0 aliphatic carbocycles. The quantitative estimate of drug-likeness (QED) is 0.728. The summed E-state index contributed by atoms with van der Waals surface area (Å²) in [6, 6.07) is 8.44. The Morgan fingerprint density at radius 1 is 1.00 bits per heavy atom. The second kappa shape index (κ2) is 3.29. The lowest BCUT2D eigenvalue weighted by Gasteiger charge is -1.98. The fourth-order valence-corrected chi connectivity index (χ4v) is 1.60. The van der Waals surface area contributed by atoms with Gasteiger partial charge in [-0.25, -0.2) is 4.98 Å². The zero-order valence-corrected chi connectivity index (χ0v) is 8.76. The van der Waals surface area contributed by atoms with Crippen molar-refractivity contribution in [3.8, 4) is 11.3 Å². The summed E-state index contributed by atoms with van der Waals surface area (Å²) in [6.07, 6.45) is 0. The van der Waals surface area contributed by atoms with Crippen LogP contribution < -0.4 is 0 Å². The van der Waals surface area contributed by atoms with E-state index in [1.165, 1.54) is 11.1 Å². The van der Waals surface area contributed by atoms with E-state index in [0.29, 0.717) is 0 Å². The first-order valence-corrected chi connectivity index (χ1v) is 4.77. The van der Waals surface area contributed by atoms with E-state index in [4.69, 9.17) is 0 Å². The summed E-state index contributed by atoms with van der Waals surface area (Å²) in [6.45, 7) is 6.12. The smallest absolute Gasteiger partial charge is 0.103 e. The summed E-state index contributed by atoms with van der Waals surface area (Å²) in [5.74, 6) is 0.970. The topological polar surface area (TPSA) is 28.7 Å². The molecule has 1 N–H and O–H groups in total. The average molecular weight is 186 g/mol. The predicted octanol–water partition coefficient (Wildman–Crippen LogP) is 3.00. The van der Waals surface area contributed by atoms with Gasteiger partial charge < -0.3 is 4.98 Å². The van der Waals surface area contributed by atoms with E-state index >= 15 is 0 Å². The normalized spacial score (nSPS) is 10.5. The highest BCUT2D eigenvalue weighted by atomic mass is 14.9. The molecule has 2 nitrogen and oxygen atoms in total. The van der Waals surface area contributed by atoms with Gasteiger partial charge in [0, 0.05) is 11.3 Å². The third-order valence-corrected chi connectivity index (χ3v) is 2.33. The molecule has 0 aliphatic heterocycles. The van der Waals surface area contributed by atoms with E-state index in [-0.39, 0.29) is 0 Å². The van der Waals surface area contributed by atoms with Gasteiger partial charge in [0.15, 0.2) is 0 Å². The summed E-state index contributed by atoms with van der Waals surface area (Å²) in [4.78, 5) is 7.66. The van der Waals surface area contributed by atoms with E-state index in [0.717, 1.165) is 17.2 Å². The Bertz CT molecular complexity index is 438. The van der Waals surface area contributed by atoms with Crippen molar-refractivity contribution in [1.82, 2.24) is 9.97 Å². The van der Waals surface area contributed by atoms with E-state index in [9.17, 15) is 0 Å². The zero-order chi connectivity index (χ0) is 10.1. The molecule has 0 atom stereocenters. The third-order valence-electron chi connectivity index (χ3n) is 2.33. The van der Waals surface area contributed by atoms with Crippen LogP contribution in [-0.4, -0.2) is 9.97 Å². The molecule has 1 aromatic heterocycles. The molecule has 2 heteroatoms. The molecule has 72 valence electrons. The maximum atomic E-state index is 4.45. The van der Waals surface area contributed by atoms with Gasteiger partial charge in [-0.15, -0.1) is 0 Å². The number of rotatable bonds is 1. The highest BCUT2D eigenvalue weighted by Crippen LogP contribution is 2.20. The van der Waals surface area contributed by atoms with Gasteiger partial charge in [0.25, 0.3) is 0 Å². The first kappa shape index (κ1) is 9.00. The molecular formula is C12H14N2. The molecule has 0 aliphatic rings. The molecule has 0 unspecified atom stereocenters. The number of nitrogens with one attached hydrogen (secondary N) is 1. The number of nitrogens with zero attached hydrogens (tertiary/aromatic N) is 1. The monoisotopic (exact) mass is 186 g/mol. The van der Waals surface area contributed by atoms with Crippen molar-refractivity contribution in [2.45, 2.75) is 20.8 Å². The lowest BCUT2D eigenvalue weighted by molar-refractivity contribution is 1.13. The fourth-order valence-electron chi connectivity index (χ4n) is 1.60. The minimum atomic E-state index is 0.970. The van der Waals surface area contributed by atoms with Crippen molar-refractivity contribution in [2.24, 2.45) is 0 Å². The lowest BCUT2D eigenvalue weighted by Crippen LogP contribution is -1.81. The van der Waals surface area contributed by atoms with E-state index in [1.54, 1.807) is 0 Å². The van der Waals surface area contributed by atoms with Crippen LogP contribution in [0.5, 0.6) is 0 Å². The van der Waals surface area contributed by atoms with Crippen LogP contribution in [0.2, 0.25) is 0 Å². The van der Waals surface area contributed by atoms with Crippen LogP contribution in [0.15, 0.2) is 24.3 Å². The SMILES string of the molecule is Cc1ccc(-c2nc(C)[nH]c2C)cc1. The standard InChI is InChI=1S/C12H14N2/c1-8-4-6-11(7-5-8)12-9(2)13-10(3)14-12/h4-7H,1-3H3,(H,13,14). The van der Waals surface area contributed by atoms with Crippen molar-refractivity contribution >= 4 is 0 Å². The maximum Gasteiger partial charge on any atom is 0.103 e. The van der Waals surface area contributed by atoms with Crippen LogP contribution in [-0.2, 0) is 0 Å². The third kappa shape index (κ3) is 1.55. The second-order valence-electron chi connectivity index (χ2n) is 3.66. The van der Waals surface area contributed by atoms with Crippen LogP contribution in [0, 0.1) is 20.8 Å². The Hall–Kier alpha value is -1.57.